The molecule has 0 saturated carbocycles. The minimum absolute atomic E-state index is 0.137. The van der Waals surface area contributed by atoms with Gasteiger partial charge in [0.15, 0.2) is 0 Å². The van der Waals surface area contributed by atoms with Crippen LogP contribution in [0.3, 0.4) is 0 Å². The van der Waals surface area contributed by atoms with E-state index in [0.29, 0.717) is 13.0 Å². The lowest BCUT2D eigenvalue weighted by atomic mass is 10.1. The first kappa shape index (κ1) is 28.3. The molecule has 2 rings (SSSR count). The SMILES string of the molecule is CCCNC(=O)C(CC)N(Cc1cccc(C)c1)C(=O)CN(c1ccc(F)cc1)S(=O)(=O)N(C)C. The third-order valence-electron chi connectivity index (χ3n) is 5.50. The van der Waals surface area contributed by atoms with Crippen molar-refractivity contribution in [2.45, 2.75) is 46.2 Å². The van der Waals surface area contributed by atoms with Gasteiger partial charge in [-0.2, -0.15) is 12.7 Å². The van der Waals surface area contributed by atoms with E-state index in [1.165, 1.54) is 31.1 Å². The highest BCUT2D eigenvalue weighted by atomic mass is 32.2. The van der Waals surface area contributed by atoms with Gasteiger partial charge >= 0.3 is 10.2 Å². The van der Waals surface area contributed by atoms with Gasteiger partial charge in [-0.3, -0.25) is 9.59 Å². The molecule has 0 aliphatic heterocycles. The van der Waals surface area contributed by atoms with E-state index in [0.717, 1.165) is 38.3 Å². The number of carbonyl (C=O) groups excluding carboxylic acids is 2. The van der Waals surface area contributed by atoms with Crippen molar-refractivity contribution in [1.82, 2.24) is 14.5 Å². The highest BCUT2D eigenvalue weighted by Gasteiger charge is 2.33. The minimum atomic E-state index is -4.08. The number of halogens is 1. The molecule has 0 aromatic heterocycles. The fraction of sp³-hybridized carbons (Fsp3) is 0.440. The van der Waals surface area contributed by atoms with Crippen LogP contribution in [-0.4, -0.2) is 62.7 Å². The van der Waals surface area contributed by atoms with E-state index in [4.69, 9.17) is 0 Å². The maximum Gasteiger partial charge on any atom is 0.304 e. The van der Waals surface area contributed by atoms with Gasteiger partial charge in [0.1, 0.15) is 18.4 Å². The lowest BCUT2D eigenvalue weighted by molar-refractivity contribution is -0.140. The first-order chi connectivity index (χ1) is 16.5. The summed E-state index contributed by atoms with van der Waals surface area (Å²) in [4.78, 5) is 28.0. The van der Waals surface area contributed by atoms with Crippen molar-refractivity contribution >= 4 is 27.7 Å². The molecule has 8 nitrogen and oxygen atoms in total. The maximum atomic E-state index is 13.7. The van der Waals surface area contributed by atoms with Crippen molar-refractivity contribution in [1.29, 1.82) is 0 Å². The lowest BCUT2D eigenvalue weighted by Gasteiger charge is -2.34. The molecule has 1 N–H and O–H groups in total. The molecular weight excluding hydrogens is 471 g/mol. The van der Waals surface area contributed by atoms with Crippen LogP contribution in [0.2, 0.25) is 0 Å². The largest absolute Gasteiger partial charge is 0.354 e. The van der Waals surface area contributed by atoms with Crippen molar-refractivity contribution in [2.24, 2.45) is 0 Å². The number of hydrogen-bond donors (Lipinski definition) is 1. The zero-order chi connectivity index (χ0) is 26.2. The average molecular weight is 507 g/mol. The molecule has 0 saturated heterocycles. The first-order valence-electron chi connectivity index (χ1n) is 11.6. The Morgan fingerprint density at radius 3 is 2.26 bits per heavy atom. The van der Waals surface area contributed by atoms with Crippen LogP contribution >= 0.6 is 0 Å². The molecule has 0 aliphatic carbocycles. The molecule has 192 valence electrons. The Labute approximate surface area is 207 Å². The van der Waals surface area contributed by atoms with Crippen LogP contribution in [0.25, 0.3) is 0 Å². The van der Waals surface area contributed by atoms with Gasteiger partial charge < -0.3 is 10.2 Å². The Bertz CT molecular complexity index is 1110. The number of hydrogen-bond acceptors (Lipinski definition) is 4. The number of anilines is 1. The van der Waals surface area contributed by atoms with Crippen molar-refractivity contribution in [3.8, 4) is 0 Å². The number of aryl methyl sites for hydroxylation is 1. The number of nitrogens with one attached hydrogen (secondary N) is 1. The monoisotopic (exact) mass is 506 g/mol. The molecular formula is C25H35FN4O4S. The molecule has 1 atom stereocenters. The summed E-state index contributed by atoms with van der Waals surface area (Å²) in [5.41, 5.74) is 1.97. The molecule has 0 radical (unpaired) electrons. The zero-order valence-corrected chi connectivity index (χ0v) is 21.8. The first-order valence-corrected chi connectivity index (χ1v) is 13.0. The predicted octanol–water partition coefficient (Wildman–Crippen LogP) is 3.08. The second-order valence-corrected chi connectivity index (χ2v) is 10.6. The third kappa shape index (κ3) is 7.50. The number of benzene rings is 2. The van der Waals surface area contributed by atoms with E-state index in [1.807, 2.05) is 38.1 Å². The molecule has 2 amide bonds. The fourth-order valence-corrected chi connectivity index (χ4v) is 4.67. The average Bonchev–Trinajstić information content (AvgIpc) is 2.81. The van der Waals surface area contributed by atoms with Crippen LogP contribution in [0, 0.1) is 12.7 Å². The van der Waals surface area contributed by atoms with Crippen LogP contribution < -0.4 is 9.62 Å². The Morgan fingerprint density at radius 2 is 1.71 bits per heavy atom. The zero-order valence-electron chi connectivity index (χ0n) is 21.0. The molecule has 0 fully saturated rings. The van der Waals surface area contributed by atoms with Crippen LogP contribution in [0.5, 0.6) is 0 Å². The quantitative estimate of drug-likeness (QED) is 0.479. The van der Waals surface area contributed by atoms with Gasteiger partial charge in [-0.1, -0.05) is 43.7 Å². The normalized spacial score (nSPS) is 12.3. The van der Waals surface area contributed by atoms with Crippen molar-refractivity contribution in [3.05, 3.63) is 65.5 Å². The molecule has 0 heterocycles. The smallest absolute Gasteiger partial charge is 0.304 e. The Morgan fingerprint density at radius 1 is 1.06 bits per heavy atom. The topological polar surface area (TPSA) is 90.0 Å². The second kappa shape index (κ2) is 12.6. The van der Waals surface area contributed by atoms with Gasteiger partial charge in [0, 0.05) is 27.2 Å². The van der Waals surface area contributed by atoms with E-state index in [9.17, 15) is 22.4 Å². The summed E-state index contributed by atoms with van der Waals surface area (Å²) in [5.74, 6) is -1.36. The fourth-order valence-electron chi connectivity index (χ4n) is 3.62. The van der Waals surface area contributed by atoms with Crippen LogP contribution in [-0.2, 0) is 26.3 Å². The summed E-state index contributed by atoms with van der Waals surface area (Å²) < 4.78 is 41.6. The highest BCUT2D eigenvalue weighted by Crippen LogP contribution is 2.22. The summed E-state index contributed by atoms with van der Waals surface area (Å²) in [6.45, 7) is 5.73. The molecule has 2 aromatic rings. The number of carbonyl (C=O) groups is 2. The van der Waals surface area contributed by atoms with E-state index in [-0.39, 0.29) is 18.1 Å². The van der Waals surface area contributed by atoms with Crippen LogP contribution in [0.1, 0.15) is 37.8 Å². The van der Waals surface area contributed by atoms with Gasteiger partial charge in [-0.25, -0.2) is 8.70 Å². The van der Waals surface area contributed by atoms with Crippen LogP contribution in [0.15, 0.2) is 48.5 Å². The summed E-state index contributed by atoms with van der Waals surface area (Å²) >= 11 is 0. The lowest BCUT2D eigenvalue weighted by Crippen LogP contribution is -2.53. The molecule has 35 heavy (non-hydrogen) atoms. The van der Waals surface area contributed by atoms with Crippen molar-refractivity contribution < 1.29 is 22.4 Å². The van der Waals surface area contributed by atoms with E-state index in [2.05, 4.69) is 5.32 Å². The van der Waals surface area contributed by atoms with Gasteiger partial charge in [0.05, 0.1) is 5.69 Å². The Hall–Kier alpha value is -2.98. The van der Waals surface area contributed by atoms with Gasteiger partial charge in [0.25, 0.3) is 0 Å². The summed E-state index contributed by atoms with van der Waals surface area (Å²) in [5, 5.41) is 2.84. The van der Waals surface area contributed by atoms with Gasteiger partial charge in [0.2, 0.25) is 11.8 Å². The number of rotatable bonds is 12. The highest BCUT2D eigenvalue weighted by molar-refractivity contribution is 7.90. The third-order valence-corrected chi connectivity index (χ3v) is 7.32. The van der Waals surface area contributed by atoms with E-state index < -0.39 is 34.5 Å². The summed E-state index contributed by atoms with van der Waals surface area (Å²) in [6.07, 6.45) is 1.09. The number of nitrogens with zero attached hydrogens (tertiary/aromatic N) is 3. The van der Waals surface area contributed by atoms with E-state index in [1.54, 1.807) is 6.92 Å². The predicted molar refractivity (Wildman–Crippen MR) is 135 cm³/mol. The minimum Gasteiger partial charge on any atom is -0.354 e. The van der Waals surface area contributed by atoms with Crippen molar-refractivity contribution in [3.63, 3.8) is 0 Å². The molecule has 0 bridgehead atoms. The Balaban J connectivity index is 2.48. The number of amides is 2. The Kier molecular flexibility index (Phi) is 10.2. The standard InChI is InChI=1S/C25H35FN4O4S/c1-6-15-27-25(32)23(7-2)29(17-20-10-8-9-19(3)16-20)24(31)18-30(35(33,34)28(4)5)22-13-11-21(26)12-14-22/h8-14,16,23H,6-7,15,17-18H2,1-5H3,(H,27,32). The maximum absolute atomic E-state index is 13.7. The second-order valence-electron chi connectivity index (χ2n) is 8.50. The summed E-state index contributed by atoms with van der Waals surface area (Å²) in [7, 11) is -1.37. The molecule has 0 aliphatic rings. The van der Waals surface area contributed by atoms with Crippen LogP contribution in [0.4, 0.5) is 10.1 Å². The molecule has 0 spiro atoms. The molecule has 1 unspecified atom stereocenters. The van der Waals surface area contributed by atoms with Gasteiger partial charge in [-0.05, 0) is 49.6 Å². The van der Waals surface area contributed by atoms with Gasteiger partial charge in [-0.15, -0.1) is 0 Å². The van der Waals surface area contributed by atoms with Crippen molar-refractivity contribution in [2.75, 3.05) is 31.5 Å². The van der Waals surface area contributed by atoms with E-state index >= 15 is 0 Å². The summed E-state index contributed by atoms with van der Waals surface area (Å²) in [6, 6.07) is 11.7. The molecule has 2 aromatic carbocycles. The molecule has 10 heteroatoms.